The van der Waals surface area contributed by atoms with Gasteiger partial charge in [0.2, 0.25) is 0 Å². The van der Waals surface area contributed by atoms with Crippen LogP contribution in [0, 0.1) is 0 Å². The van der Waals surface area contributed by atoms with Gasteiger partial charge in [-0.2, -0.15) is 0 Å². The average molecular weight is 185 g/mol. The Kier molecular flexibility index (Phi) is 9.17. The van der Waals surface area contributed by atoms with Crippen molar-refractivity contribution >= 4 is 5.71 Å². The fraction of sp³-hybridized carbons (Fsp3) is 0.909. The predicted octanol–water partition coefficient (Wildman–Crippen LogP) is 3.98. The molecule has 0 aromatic carbocycles. The molecule has 78 valence electrons. The third kappa shape index (κ3) is 9.38. The van der Waals surface area contributed by atoms with E-state index in [1.807, 2.05) is 6.92 Å². The number of nitrogens with zero attached hydrogens (tertiary/aromatic N) is 1. The van der Waals surface area contributed by atoms with E-state index in [1.165, 1.54) is 44.9 Å². The normalized spacial score (nSPS) is 12.0. The van der Waals surface area contributed by atoms with Gasteiger partial charge in [0, 0.05) is 0 Å². The van der Waals surface area contributed by atoms with Gasteiger partial charge in [-0.15, -0.1) is 0 Å². The van der Waals surface area contributed by atoms with Crippen LogP contribution >= 0.6 is 0 Å². The summed E-state index contributed by atoms with van der Waals surface area (Å²) in [6, 6.07) is 0. The molecule has 2 nitrogen and oxygen atoms in total. The number of rotatable bonds is 8. The van der Waals surface area contributed by atoms with Crippen molar-refractivity contribution in [3.63, 3.8) is 0 Å². The molecular weight excluding hydrogens is 162 g/mol. The molecule has 0 aromatic rings. The minimum absolute atomic E-state index is 0.855. The monoisotopic (exact) mass is 185 g/mol. The van der Waals surface area contributed by atoms with E-state index in [0.29, 0.717) is 0 Å². The van der Waals surface area contributed by atoms with Crippen LogP contribution in [0.3, 0.4) is 0 Å². The molecule has 0 spiro atoms. The van der Waals surface area contributed by atoms with Crippen LogP contribution in [0.4, 0.5) is 0 Å². The van der Waals surface area contributed by atoms with Gasteiger partial charge in [0.15, 0.2) is 0 Å². The largest absolute Gasteiger partial charge is 0.411 e. The van der Waals surface area contributed by atoms with Crippen molar-refractivity contribution in [2.24, 2.45) is 5.16 Å². The Balaban J connectivity index is 3.00. The van der Waals surface area contributed by atoms with Crippen LogP contribution < -0.4 is 0 Å². The van der Waals surface area contributed by atoms with E-state index in [9.17, 15) is 0 Å². The van der Waals surface area contributed by atoms with Crippen LogP contribution in [-0.4, -0.2) is 10.9 Å². The van der Waals surface area contributed by atoms with Gasteiger partial charge in [-0.05, 0) is 19.8 Å². The Hall–Kier alpha value is -0.530. The van der Waals surface area contributed by atoms with E-state index in [2.05, 4.69) is 12.1 Å². The van der Waals surface area contributed by atoms with Gasteiger partial charge in [-0.1, -0.05) is 50.6 Å². The smallest absolute Gasteiger partial charge is 0.0540 e. The van der Waals surface area contributed by atoms with E-state index in [1.54, 1.807) is 0 Å². The second-order valence-corrected chi connectivity index (χ2v) is 3.71. The SMILES string of the molecule is CCCCCCCCCC(C)=NO. The highest BCUT2D eigenvalue weighted by Gasteiger charge is 1.93. The maximum Gasteiger partial charge on any atom is 0.0540 e. The van der Waals surface area contributed by atoms with Crippen LogP contribution in [0.25, 0.3) is 0 Å². The van der Waals surface area contributed by atoms with Crippen molar-refractivity contribution in [1.82, 2.24) is 0 Å². The lowest BCUT2D eigenvalue weighted by molar-refractivity contribution is 0.317. The van der Waals surface area contributed by atoms with Gasteiger partial charge in [-0.25, -0.2) is 0 Å². The molecule has 0 atom stereocenters. The van der Waals surface area contributed by atoms with Crippen molar-refractivity contribution in [2.45, 2.75) is 65.2 Å². The molecule has 2 heteroatoms. The van der Waals surface area contributed by atoms with Crippen LogP contribution in [-0.2, 0) is 0 Å². The summed E-state index contributed by atoms with van der Waals surface area (Å²) in [5, 5.41) is 11.5. The molecule has 0 amide bonds. The van der Waals surface area contributed by atoms with Gasteiger partial charge < -0.3 is 5.21 Å². The van der Waals surface area contributed by atoms with Crippen molar-refractivity contribution < 1.29 is 5.21 Å². The Morgan fingerprint density at radius 2 is 1.54 bits per heavy atom. The summed E-state index contributed by atoms with van der Waals surface area (Å²) in [5.74, 6) is 0. The van der Waals surface area contributed by atoms with Gasteiger partial charge in [-0.3, -0.25) is 0 Å². The fourth-order valence-electron chi connectivity index (χ4n) is 1.39. The van der Waals surface area contributed by atoms with Crippen molar-refractivity contribution in [2.75, 3.05) is 0 Å². The molecule has 0 saturated heterocycles. The molecule has 0 heterocycles. The quantitative estimate of drug-likeness (QED) is 0.264. The molecule has 0 unspecified atom stereocenters. The molecule has 0 bridgehead atoms. The molecule has 0 aliphatic heterocycles. The van der Waals surface area contributed by atoms with Crippen molar-refractivity contribution in [3.8, 4) is 0 Å². The second-order valence-electron chi connectivity index (χ2n) is 3.71. The van der Waals surface area contributed by atoms with Gasteiger partial charge in [0.1, 0.15) is 0 Å². The number of hydrogen-bond donors (Lipinski definition) is 1. The van der Waals surface area contributed by atoms with E-state index in [4.69, 9.17) is 5.21 Å². The molecule has 0 aliphatic carbocycles. The molecule has 13 heavy (non-hydrogen) atoms. The lowest BCUT2D eigenvalue weighted by atomic mass is 10.1. The fourth-order valence-corrected chi connectivity index (χ4v) is 1.39. The first-order valence-electron chi connectivity index (χ1n) is 5.48. The third-order valence-corrected chi connectivity index (χ3v) is 2.31. The van der Waals surface area contributed by atoms with E-state index < -0.39 is 0 Å². The zero-order valence-corrected chi connectivity index (χ0v) is 9.05. The van der Waals surface area contributed by atoms with Crippen LogP contribution in [0.2, 0.25) is 0 Å². The summed E-state index contributed by atoms with van der Waals surface area (Å²) >= 11 is 0. The summed E-state index contributed by atoms with van der Waals surface area (Å²) in [6.07, 6.45) is 10.2. The lowest BCUT2D eigenvalue weighted by Gasteiger charge is -2.00. The van der Waals surface area contributed by atoms with Crippen LogP contribution in [0.5, 0.6) is 0 Å². The summed E-state index contributed by atoms with van der Waals surface area (Å²) in [4.78, 5) is 0. The van der Waals surface area contributed by atoms with Crippen molar-refractivity contribution in [1.29, 1.82) is 0 Å². The third-order valence-electron chi connectivity index (χ3n) is 2.31. The predicted molar refractivity (Wildman–Crippen MR) is 57.5 cm³/mol. The topological polar surface area (TPSA) is 32.6 Å². The molecule has 0 rings (SSSR count). The summed E-state index contributed by atoms with van der Waals surface area (Å²) in [5.41, 5.74) is 0.855. The Labute approximate surface area is 82.0 Å². The zero-order valence-electron chi connectivity index (χ0n) is 9.05. The first-order chi connectivity index (χ1) is 6.31. The zero-order chi connectivity index (χ0) is 9.94. The minimum Gasteiger partial charge on any atom is -0.411 e. The number of hydrogen-bond acceptors (Lipinski definition) is 2. The molecule has 0 radical (unpaired) electrons. The Morgan fingerprint density at radius 3 is 2.08 bits per heavy atom. The molecule has 0 saturated carbocycles. The molecule has 0 aliphatic rings. The van der Waals surface area contributed by atoms with E-state index >= 15 is 0 Å². The molecule has 1 N–H and O–H groups in total. The molecule has 0 fully saturated rings. The minimum atomic E-state index is 0.855. The highest BCUT2D eigenvalue weighted by molar-refractivity contribution is 5.81. The Morgan fingerprint density at radius 1 is 1.00 bits per heavy atom. The van der Waals surface area contributed by atoms with E-state index in [-0.39, 0.29) is 0 Å². The first kappa shape index (κ1) is 12.5. The van der Waals surface area contributed by atoms with Crippen molar-refractivity contribution in [3.05, 3.63) is 0 Å². The Bertz CT molecular complexity index is 132. The summed E-state index contributed by atoms with van der Waals surface area (Å²) in [6.45, 7) is 4.11. The number of oxime groups is 1. The first-order valence-corrected chi connectivity index (χ1v) is 5.48. The highest BCUT2D eigenvalue weighted by atomic mass is 16.4. The highest BCUT2D eigenvalue weighted by Crippen LogP contribution is 2.08. The maximum atomic E-state index is 8.40. The molecular formula is C11H23NO. The maximum absolute atomic E-state index is 8.40. The summed E-state index contributed by atoms with van der Waals surface area (Å²) in [7, 11) is 0. The van der Waals surface area contributed by atoms with Gasteiger partial charge >= 0.3 is 0 Å². The van der Waals surface area contributed by atoms with Crippen LogP contribution in [0.1, 0.15) is 65.2 Å². The van der Waals surface area contributed by atoms with Crippen LogP contribution in [0.15, 0.2) is 5.16 Å². The number of unbranched alkanes of at least 4 members (excludes halogenated alkanes) is 6. The lowest BCUT2D eigenvalue weighted by Crippen LogP contribution is -1.90. The van der Waals surface area contributed by atoms with Gasteiger partial charge in [0.25, 0.3) is 0 Å². The van der Waals surface area contributed by atoms with E-state index in [0.717, 1.165) is 12.1 Å². The average Bonchev–Trinajstić information content (AvgIpc) is 2.16. The standard InChI is InChI=1S/C11H23NO/c1-3-4-5-6-7-8-9-10-11(2)12-13/h13H,3-10H2,1-2H3. The second kappa shape index (κ2) is 9.56. The molecule has 0 aromatic heterocycles. The summed E-state index contributed by atoms with van der Waals surface area (Å²) < 4.78 is 0. The van der Waals surface area contributed by atoms with Gasteiger partial charge in [0.05, 0.1) is 5.71 Å².